The van der Waals surface area contributed by atoms with E-state index in [9.17, 15) is 9.59 Å². The summed E-state index contributed by atoms with van der Waals surface area (Å²) < 4.78 is 0. The number of imide groups is 1. The largest absolute Gasteiger partial charge is 0.306 e. The maximum absolute atomic E-state index is 11.6. The maximum atomic E-state index is 11.6. The molecule has 1 saturated heterocycles. The Hall–Kier alpha value is -0.900. The van der Waals surface area contributed by atoms with Gasteiger partial charge in [-0.05, 0) is 31.7 Å². The minimum atomic E-state index is -0.127. The summed E-state index contributed by atoms with van der Waals surface area (Å²) in [5, 5.41) is 3.24. The second kappa shape index (κ2) is 3.69. The van der Waals surface area contributed by atoms with Crippen molar-refractivity contribution < 1.29 is 9.59 Å². The lowest BCUT2D eigenvalue weighted by Crippen LogP contribution is -2.51. The van der Waals surface area contributed by atoms with E-state index in [0.29, 0.717) is 12.8 Å². The Morgan fingerprint density at radius 1 is 1.36 bits per heavy atom. The smallest absolute Gasteiger partial charge is 0.246 e. The third-order valence-electron chi connectivity index (χ3n) is 3.00. The Balaban J connectivity index is 1.85. The number of likely N-dealkylation sites (tertiary alicyclic amines) is 1. The van der Waals surface area contributed by atoms with Crippen LogP contribution in [0.1, 0.15) is 25.7 Å². The van der Waals surface area contributed by atoms with Crippen LogP contribution in [0.3, 0.4) is 0 Å². The van der Waals surface area contributed by atoms with Crippen LogP contribution in [-0.4, -0.2) is 36.3 Å². The zero-order valence-electron chi connectivity index (χ0n) is 8.45. The zero-order chi connectivity index (χ0) is 10.1. The summed E-state index contributed by atoms with van der Waals surface area (Å²) in [7, 11) is 1.57. The highest BCUT2D eigenvalue weighted by atomic mass is 16.2. The molecule has 2 rings (SSSR count). The first-order valence-electron chi connectivity index (χ1n) is 5.22. The van der Waals surface area contributed by atoms with E-state index in [1.165, 1.54) is 17.7 Å². The first-order valence-corrected chi connectivity index (χ1v) is 5.22. The molecule has 14 heavy (non-hydrogen) atoms. The van der Waals surface area contributed by atoms with Crippen LogP contribution >= 0.6 is 0 Å². The molecule has 4 nitrogen and oxygen atoms in total. The lowest BCUT2D eigenvalue weighted by atomic mass is 10.0. The number of amides is 2. The number of nitrogens with zero attached hydrogens (tertiary/aromatic N) is 1. The van der Waals surface area contributed by atoms with Gasteiger partial charge in [0.1, 0.15) is 0 Å². The second-order valence-electron chi connectivity index (χ2n) is 4.23. The Labute approximate surface area is 83.6 Å². The van der Waals surface area contributed by atoms with Crippen molar-refractivity contribution in [2.24, 2.45) is 5.92 Å². The fraction of sp³-hybridized carbons (Fsp3) is 0.800. The Morgan fingerprint density at radius 3 is 2.71 bits per heavy atom. The summed E-state index contributed by atoms with van der Waals surface area (Å²) in [4.78, 5) is 24.0. The van der Waals surface area contributed by atoms with E-state index in [2.05, 4.69) is 5.32 Å². The third-order valence-corrected chi connectivity index (χ3v) is 3.00. The van der Waals surface area contributed by atoms with Gasteiger partial charge in [0, 0.05) is 13.5 Å². The third kappa shape index (κ3) is 1.95. The normalized spacial score (nSPS) is 28.4. The van der Waals surface area contributed by atoms with Crippen molar-refractivity contribution in [2.75, 3.05) is 13.6 Å². The summed E-state index contributed by atoms with van der Waals surface area (Å²) in [6.45, 7) is 0.929. The molecular formula is C10H16N2O2. The molecule has 1 aliphatic carbocycles. The summed E-state index contributed by atoms with van der Waals surface area (Å²) in [6.07, 6.45) is 3.71. The van der Waals surface area contributed by atoms with Crippen LogP contribution in [0.15, 0.2) is 0 Å². The predicted octanol–water partition coefficient (Wildman–Crippen LogP) is 0.133. The van der Waals surface area contributed by atoms with Gasteiger partial charge in [0.25, 0.3) is 0 Å². The van der Waals surface area contributed by atoms with Crippen molar-refractivity contribution in [1.29, 1.82) is 0 Å². The molecule has 78 valence electrons. The molecule has 2 aliphatic rings. The minimum Gasteiger partial charge on any atom is -0.306 e. The van der Waals surface area contributed by atoms with Gasteiger partial charge in [0.15, 0.2) is 0 Å². The van der Waals surface area contributed by atoms with Crippen molar-refractivity contribution in [3.8, 4) is 0 Å². The molecule has 1 saturated carbocycles. The second-order valence-corrected chi connectivity index (χ2v) is 4.23. The van der Waals surface area contributed by atoms with Gasteiger partial charge in [-0.3, -0.25) is 14.5 Å². The van der Waals surface area contributed by atoms with E-state index in [-0.39, 0.29) is 17.9 Å². The number of nitrogens with one attached hydrogen (secondary N) is 1. The predicted molar refractivity (Wildman–Crippen MR) is 51.5 cm³/mol. The average Bonchev–Trinajstić information content (AvgIpc) is 2.97. The SMILES string of the molecule is CN1C(=O)CCC(NCC2CC2)C1=O. The molecule has 2 amide bonds. The molecule has 1 atom stereocenters. The van der Waals surface area contributed by atoms with E-state index in [0.717, 1.165) is 12.5 Å². The molecule has 1 heterocycles. The zero-order valence-corrected chi connectivity index (χ0v) is 8.45. The summed E-state index contributed by atoms with van der Waals surface area (Å²) in [5.74, 6) is 0.645. The van der Waals surface area contributed by atoms with Crippen molar-refractivity contribution in [2.45, 2.75) is 31.7 Å². The van der Waals surface area contributed by atoms with Crippen LogP contribution in [0.2, 0.25) is 0 Å². The number of hydrogen-bond acceptors (Lipinski definition) is 3. The first-order chi connectivity index (χ1) is 6.68. The average molecular weight is 196 g/mol. The van der Waals surface area contributed by atoms with Gasteiger partial charge >= 0.3 is 0 Å². The quantitative estimate of drug-likeness (QED) is 0.653. The first kappa shape index (κ1) is 9.65. The van der Waals surface area contributed by atoms with Crippen LogP contribution < -0.4 is 5.32 Å². The molecule has 0 aromatic rings. The molecular weight excluding hydrogens is 180 g/mol. The minimum absolute atomic E-state index is 0.0560. The van der Waals surface area contributed by atoms with Gasteiger partial charge in [0.05, 0.1) is 6.04 Å². The van der Waals surface area contributed by atoms with Crippen molar-refractivity contribution >= 4 is 11.8 Å². The molecule has 1 aliphatic heterocycles. The van der Waals surface area contributed by atoms with Gasteiger partial charge < -0.3 is 5.32 Å². The van der Waals surface area contributed by atoms with E-state index in [4.69, 9.17) is 0 Å². The highest BCUT2D eigenvalue weighted by molar-refractivity contribution is 6.00. The van der Waals surface area contributed by atoms with Crippen molar-refractivity contribution in [1.82, 2.24) is 10.2 Å². The summed E-state index contributed by atoms with van der Waals surface area (Å²) >= 11 is 0. The molecule has 0 radical (unpaired) electrons. The van der Waals surface area contributed by atoms with Crippen LogP contribution in [-0.2, 0) is 9.59 Å². The highest BCUT2D eigenvalue weighted by Gasteiger charge is 2.32. The van der Waals surface area contributed by atoms with Crippen LogP contribution in [0, 0.1) is 5.92 Å². The monoisotopic (exact) mass is 196 g/mol. The van der Waals surface area contributed by atoms with E-state index in [1.807, 2.05) is 0 Å². The molecule has 0 aromatic carbocycles. The van der Waals surface area contributed by atoms with Gasteiger partial charge in [-0.15, -0.1) is 0 Å². The number of hydrogen-bond donors (Lipinski definition) is 1. The van der Waals surface area contributed by atoms with Gasteiger partial charge in [-0.2, -0.15) is 0 Å². The van der Waals surface area contributed by atoms with Crippen molar-refractivity contribution in [3.05, 3.63) is 0 Å². The Kier molecular flexibility index (Phi) is 2.54. The number of carbonyl (C=O) groups excluding carboxylic acids is 2. The Morgan fingerprint density at radius 2 is 2.07 bits per heavy atom. The van der Waals surface area contributed by atoms with Gasteiger partial charge in [-0.25, -0.2) is 0 Å². The number of piperidine rings is 1. The molecule has 0 bridgehead atoms. The number of carbonyl (C=O) groups is 2. The van der Waals surface area contributed by atoms with Gasteiger partial charge in [0.2, 0.25) is 11.8 Å². The lowest BCUT2D eigenvalue weighted by molar-refractivity contribution is -0.148. The molecule has 1 unspecified atom stereocenters. The summed E-state index contributed by atoms with van der Waals surface area (Å²) in [6, 6.07) is -0.127. The molecule has 4 heteroatoms. The maximum Gasteiger partial charge on any atom is 0.246 e. The van der Waals surface area contributed by atoms with Gasteiger partial charge in [-0.1, -0.05) is 0 Å². The number of rotatable bonds is 3. The fourth-order valence-corrected chi connectivity index (χ4v) is 1.74. The molecule has 1 N–H and O–H groups in total. The highest BCUT2D eigenvalue weighted by Crippen LogP contribution is 2.28. The van der Waals surface area contributed by atoms with E-state index in [1.54, 1.807) is 7.05 Å². The standard InChI is InChI=1S/C10H16N2O2/c1-12-9(13)5-4-8(10(12)14)11-6-7-2-3-7/h7-8,11H,2-6H2,1H3. The Bertz CT molecular complexity index is 261. The molecule has 0 aromatic heterocycles. The topological polar surface area (TPSA) is 49.4 Å². The summed E-state index contributed by atoms with van der Waals surface area (Å²) in [5.41, 5.74) is 0. The fourth-order valence-electron chi connectivity index (χ4n) is 1.74. The number of likely N-dealkylation sites (N-methyl/N-ethyl adjacent to an activating group) is 1. The molecule has 2 fully saturated rings. The van der Waals surface area contributed by atoms with Crippen LogP contribution in [0.5, 0.6) is 0 Å². The lowest BCUT2D eigenvalue weighted by Gasteiger charge is -2.28. The molecule has 0 spiro atoms. The van der Waals surface area contributed by atoms with E-state index < -0.39 is 0 Å². The van der Waals surface area contributed by atoms with Crippen LogP contribution in [0.4, 0.5) is 0 Å². The van der Waals surface area contributed by atoms with E-state index >= 15 is 0 Å². The van der Waals surface area contributed by atoms with Crippen molar-refractivity contribution in [3.63, 3.8) is 0 Å². The van der Waals surface area contributed by atoms with Crippen LogP contribution in [0.25, 0.3) is 0 Å².